The fraction of sp³-hybridized carbons (Fsp3) is 0.500. The Labute approximate surface area is 101 Å². The van der Waals surface area contributed by atoms with Gasteiger partial charge in [0.2, 0.25) is 0 Å². The van der Waals surface area contributed by atoms with Crippen molar-refractivity contribution in [2.45, 2.75) is 20.3 Å². The van der Waals surface area contributed by atoms with E-state index in [1.807, 2.05) is 26.0 Å². The van der Waals surface area contributed by atoms with E-state index in [0.29, 0.717) is 24.7 Å². The van der Waals surface area contributed by atoms with Crippen LogP contribution in [0.1, 0.15) is 29.4 Å². The third kappa shape index (κ3) is 3.20. The van der Waals surface area contributed by atoms with E-state index in [0.717, 1.165) is 12.0 Å². The van der Waals surface area contributed by atoms with E-state index in [-0.39, 0.29) is 5.91 Å². The Morgan fingerprint density at radius 3 is 2.88 bits per heavy atom. The van der Waals surface area contributed by atoms with E-state index in [9.17, 15) is 4.79 Å². The molecule has 1 heterocycles. The molecule has 0 aliphatic rings. The van der Waals surface area contributed by atoms with Crippen molar-refractivity contribution in [1.82, 2.24) is 9.88 Å². The van der Waals surface area contributed by atoms with Crippen LogP contribution in [-0.2, 0) is 0 Å². The minimum atomic E-state index is -0.00860. The molecule has 1 rings (SSSR count). The van der Waals surface area contributed by atoms with Crippen LogP contribution >= 0.6 is 11.6 Å². The molecule has 0 aliphatic heterocycles. The van der Waals surface area contributed by atoms with E-state index in [1.54, 1.807) is 11.1 Å². The molecule has 0 saturated heterocycles. The average Bonchev–Trinajstić information content (AvgIpc) is 2.30. The van der Waals surface area contributed by atoms with Gasteiger partial charge in [0.15, 0.2) is 0 Å². The van der Waals surface area contributed by atoms with Gasteiger partial charge in [-0.05, 0) is 31.9 Å². The van der Waals surface area contributed by atoms with Gasteiger partial charge in [-0.2, -0.15) is 0 Å². The Bertz CT molecular complexity index is 355. The molecule has 1 amide bonds. The number of halogens is 1. The van der Waals surface area contributed by atoms with Gasteiger partial charge in [0.1, 0.15) is 5.69 Å². The highest BCUT2D eigenvalue weighted by molar-refractivity contribution is 6.17. The number of hydrogen-bond acceptors (Lipinski definition) is 2. The third-order valence-corrected chi connectivity index (χ3v) is 2.71. The molecule has 0 unspecified atom stereocenters. The van der Waals surface area contributed by atoms with Crippen molar-refractivity contribution in [2.75, 3.05) is 19.0 Å². The van der Waals surface area contributed by atoms with Crippen LogP contribution in [-0.4, -0.2) is 34.8 Å². The lowest BCUT2D eigenvalue weighted by Gasteiger charge is -2.20. The van der Waals surface area contributed by atoms with Gasteiger partial charge in [0.25, 0.3) is 5.91 Å². The number of rotatable bonds is 5. The van der Waals surface area contributed by atoms with Crippen molar-refractivity contribution < 1.29 is 4.79 Å². The molecule has 0 spiro atoms. The van der Waals surface area contributed by atoms with Crippen LogP contribution in [0.3, 0.4) is 0 Å². The number of carbonyl (C=O) groups is 1. The smallest absolute Gasteiger partial charge is 0.272 e. The molecule has 0 aliphatic carbocycles. The number of nitrogens with zero attached hydrogens (tertiary/aromatic N) is 2. The number of aromatic nitrogens is 1. The third-order valence-electron chi connectivity index (χ3n) is 2.44. The van der Waals surface area contributed by atoms with Gasteiger partial charge in [-0.1, -0.05) is 6.07 Å². The highest BCUT2D eigenvalue weighted by Gasteiger charge is 2.16. The Balaban J connectivity index is 2.79. The molecule has 16 heavy (non-hydrogen) atoms. The van der Waals surface area contributed by atoms with E-state index in [1.165, 1.54) is 0 Å². The number of pyridine rings is 1. The van der Waals surface area contributed by atoms with E-state index < -0.39 is 0 Å². The first-order chi connectivity index (χ1) is 7.70. The quantitative estimate of drug-likeness (QED) is 0.741. The second-order valence-corrected chi connectivity index (χ2v) is 3.97. The number of aryl methyl sites for hydroxylation is 1. The van der Waals surface area contributed by atoms with Gasteiger partial charge in [0.05, 0.1) is 0 Å². The molecule has 1 aromatic rings. The van der Waals surface area contributed by atoms with Crippen molar-refractivity contribution in [3.8, 4) is 0 Å². The van der Waals surface area contributed by atoms with Gasteiger partial charge in [0, 0.05) is 25.2 Å². The van der Waals surface area contributed by atoms with Gasteiger partial charge < -0.3 is 4.90 Å². The molecule has 0 bridgehead atoms. The molecule has 3 nitrogen and oxygen atoms in total. The second kappa shape index (κ2) is 6.48. The van der Waals surface area contributed by atoms with Gasteiger partial charge in [-0.25, -0.2) is 0 Å². The van der Waals surface area contributed by atoms with Crippen LogP contribution in [0.15, 0.2) is 18.3 Å². The van der Waals surface area contributed by atoms with E-state index >= 15 is 0 Å². The van der Waals surface area contributed by atoms with Crippen molar-refractivity contribution in [1.29, 1.82) is 0 Å². The molecule has 4 heteroatoms. The first-order valence-electron chi connectivity index (χ1n) is 5.47. The largest absolute Gasteiger partial charge is 0.338 e. The summed E-state index contributed by atoms with van der Waals surface area (Å²) < 4.78 is 0. The Hall–Kier alpha value is -1.09. The van der Waals surface area contributed by atoms with Crippen molar-refractivity contribution in [2.24, 2.45) is 0 Å². The maximum Gasteiger partial charge on any atom is 0.272 e. The fourth-order valence-corrected chi connectivity index (χ4v) is 1.63. The predicted molar refractivity (Wildman–Crippen MR) is 65.9 cm³/mol. The van der Waals surface area contributed by atoms with Crippen LogP contribution in [0, 0.1) is 6.92 Å². The summed E-state index contributed by atoms with van der Waals surface area (Å²) in [4.78, 5) is 18.0. The van der Waals surface area contributed by atoms with Crippen LogP contribution in [0.4, 0.5) is 0 Å². The summed E-state index contributed by atoms with van der Waals surface area (Å²) in [6, 6.07) is 3.73. The van der Waals surface area contributed by atoms with E-state index in [4.69, 9.17) is 11.6 Å². The van der Waals surface area contributed by atoms with E-state index in [2.05, 4.69) is 4.98 Å². The Morgan fingerprint density at radius 1 is 1.56 bits per heavy atom. The molecule has 0 radical (unpaired) electrons. The number of carbonyl (C=O) groups excluding carboxylic acids is 1. The predicted octanol–water partition coefficient (Wildman–Crippen LogP) is 2.48. The summed E-state index contributed by atoms with van der Waals surface area (Å²) in [6.07, 6.45) is 2.46. The summed E-state index contributed by atoms with van der Waals surface area (Å²) in [5.41, 5.74) is 1.45. The normalized spacial score (nSPS) is 10.2. The first-order valence-corrected chi connectivity index (χ1v) is 6.01. The summed E-state index contributed by atoms with van der Waals surface area (Å²) in [6.45, 7) is 5.24. The summed E-state index contributed by atoms with van der Waals surface area (Å²) in [7, 11) is 0. The molecule has 0 atom stereocenters. The molecule has 0 N–H and O–H groups in total. The zero-order chi connectivity index (χ0) is 12.0. The minimum absolute atomic E-state index is 0.00860. The molecular formula is C12H17ClN2O. The monoisotopic (exact) mass is 240 g/mol. The van der Waals surface area contributed by atoms with Gasteiger partial charge >= 0.3 is 0 Å². The molecule has 0 fully saturated rings. The maximum atomic E-state index is 12.1. The number of hydrogen-bond donors (Lipinski definition) is 0. The van der Waals surface area contributed by atoms with Crippen LogP contribution in [0.25, 0.3) is 0 Å². The minimum Gasteiger partial charge on any atom is -0.338 e. The summed E-state index contributed by atoms with van der Waals surface area (Å²) in [5, 5.41) is 0. The van der Waals surface area contributed by atoms with Crippen LogP contribution in [0.5, 0.6) is 0 Å². The number of alkyl halides is 1. The van der Waals surface area contributed by atoms with Crippen LogP contribution < -0.4 is 0 Å². The van der Waals surface area contributed by atoms with Crippen LogP contribution in [0.2, 0.25) is 0 Å². The molecule has 0 aromatic carbocycles. The lowest BCUT2D eigenvalue weighted by atomic mass is 10.2. The zero-order valence-electron chi connectivity index (χ0n) is 9.74. The summed E-state index contributed by atoms with van der Waals surface area (Å²) >= 11 is 5.63. The zero-order valence-corrected chi connectivity index (χ0v) is 10.5. The Morgan fingerprint density at radius 2 is 2.31 bits per heavy atom. The molecule has 1 aromatic heterocycles. The highest BCUT2D eigenvalue weighted by atomic mass is 35.5. The Kier molecular flexibility index (Phi) is 5.26. The topological polar surface area (TPSA) is 33.2 Å². The lowest BCUT2D eigenvalue weighted by molar-refractivity contribution is 0.0758. The van der Waals surface area contributed by atoms with Crippen molar-refractivity contribution in [3.63, 3.8) is 0 Å². The lowest BCUT2D eigenvalue weighted by Crippen LogP contribution is -2.33. The first kappa shape index (κ1) is 13.0. The SMILES string of the molecule is CCN(CCCCl)C(=O)c1ncccc1C. The standard InChI is InChI=1S/C12H17ClN2O/c1-3-15(9-5-7-13)12(16)11-10(2)6-4-8-14-11/h4,6,8H,3,5,7,9H2,1-2H3. The van der Waals surface area contributed by atoms with Crippen molar-refractivity contribution >= 4 is 17.5 Å². The molecule has 88 valence electrons. The van der Waals surface area contributed by atoms with Gasteiger partial charge in [-0.3, -0.25) is 9.78 Å². The fourth-order valence-electron chi connectivity index (χ4n) is 1.51. The van der Waals surface area contributed by atoms with Crippen molar-refractivity contribution in [3.05, 3.63) is 29.6 Å². The molecule has 0 saturated carbocycles. The van der Waals surface area contributed by atoms with Gasteiger partial charge in [-0.15, -0.1) is 11.6 Å². The molecular weight excluding hydrogens is 224 g/mol. The average molecular weight is 241 g/mol. The highest BCUT2D eigenvalue weighted by Crippen LogP contribution is 2.08. The second-order valence-electron chi connectivity index (χ2n) is 3.60. The summed E-state index contributed by atoms with van der Waals surface area (Å²) in [5.74, 6) is 0.566. The number of amides is 1. The maximum absolute atomic E-state index is 12.1.